The highest BCUT2D eigenvalue weighted by atomic mass is 16.6. The van der Waals surface area contributed by atoms with Crippen LogP contribution in [0.25, 0.3) is 0 Å². The number of hydrogen-bond acceptors (Lipinski definition) is 6. The van der Waals surface area contributed by atoms with Crippen molar-refractivity contribution >= 4 is 11.9 Å². The van der Waals surface area contributed by atoms with Crippen LogP contribution in [0.2, 0.25) is 0 Å². The van der Waals surface area contributed by atoms with Crippen LogP contribution in [0.4, 0.5) is 0 Å². The highest BCUT2D eigenvalue weighted by Crippen LogP contribution is 2.17. The number of carbonyl (C=O) groups is 2. The third kappa shape index (κ3) is 39.3. The Hall–Kier alpha value is -2.44. The summed E-state index contributed by atoms with van der Waals surface area (Å²) in [7, 11) is 0. The Morgan fingerprint density at radius 3 is 1.65 bits per heavy atom. The van der Waals surface area contributed by atoms with Crippen LogP contribution in [0.1, 0.15) is 201 Å². The summed E-state index contributed by atoms with van der Waals surface area (Å²) in [6.07, 6.45) is 50.6. The first-order valence-corrected chi connectivity index (χ1v) is 22.3. The van der Waals surface area contributed by atoms with Crippen LogP contribution in [0.3, 0.4) is 0 Å². The molecule has 6 heteroatoms. The molecule has 0 saturated heterocycles. The third-order valence-corrected chi connectivity index (χ3v) is 9.94. The zero-order valence-electron chi connectivity index (χ0n) is 35.2. The molecule has 0 aromatic carbocycles. The van der Waals surface area contributed by atoms with E-state index in [1.54, 1.807) is 0 Å². The van der Waals surface area contributed by atoms with Gasteiger partial charge in [-0.2, -0.15) is 0 Å². The van der Waals surface area contributed by atoms with Crippen LogP contribution in [0.5, 0.6) is 0 Å². The number of aliphatic hydroxyl groups is 2. The number of rotatable bonds is 39. The molecule has 0 heterocycles. The summed E-state index contributed by atoms with van der Waals surface area (Å²) in [5.74, 6) is 0.229. The van der Waals surface area contributed by atoms with Crippen molar-refractivity contribution in [1.29, 1.82) is 0 Å². The number of allylic oxidation sites excluding steroid dienone is 8. The topological polar surface area (TPSA) is 93.1 Å². The standard InChI is InChI=1S/C48H84O6/c1-4-6-38-45(50)39-34-30-26-22-18-15-16-20-24-28-32-36-41-48(52)54-46(42-49)43-53-47(51)40-35-31-27-23-19-14-12-10-8-7-9-11-13-17-21-25-29-33-37-44(3)5-2/h6,15-16,22,24,26,28,30,34,38,44-46,49-50H,4-5,7-14,17-21,23,25,27,29,31-33,35-37,39-43H2,1-3H3/b16-15-,26-22-,28-24-,34-30+,38-6-/t44?,45?,46-/m0/s1. The molecule has 54 heavy (non-hydrogen) atoms. The van der Waals surface area contributed by atoms with Crippen LogP contribution >= 0.6 is 0 Å². The summed E-state index contributed by atoms with van der Waals surface area (Å²) in [6, 6.07) is 0. The van der Waals surface area contributed by atoms with Crippen LogP contribution < -0.4 is 0 Å². The van der Waals surface area contributed by atoms with Crippen molar-refractivity contribution in [1.82, 2.24) is 0 Å². The SMILES string of the molecule is CC/C=C\C(O)C/C=C/C=C\C/C=C\C/C=C\CCCC(=O)O[C@@H](CO)COC(=O)CCCCCCCCCCCCCCCCCCCCC(C)CC. The second-order valence-electron chi connectivity index (χ2n) is 15.2. The Morgan fingerprint density at radius 2 is 1.09 bits per heavy atom. The van der Waals surface area contributed by atoms with Crippen LogP contribution in [0, 0.1) is 5.92 Å². The molecule has 0 aliphatic rings. The maximum absolute atomic E-state index is 12.2. The van der Waals surface area contributed by atoms with Gasteiger partial charge in [-0.25, -0.2) is 0 Å². The predicted molar refractivity (Wildman–Crippen MR) is 229 cm³/mol. The quantitative estimate of drug-likeness (QED) is 0.0281. The highest BCUT2D eigenvalue weighted by Gasteiger charge is 2.16. The van der Waals surface area contributed by atoms with Gasteiger partial charge in [0.1, 0.15) is 6.61 Å². The maximum Gasteiger partial charge on any atom is 0.306 e. The minimum atomic E-state index is -0.815. The van der Waals surface area contributed by atoms with Crippen molar-refractivity contribution < 1.29 is 29.3 Å². The second-order valence-corrected chi connectivity index (χ2v) is 15.2. The molecule has 6 nitrogen and oxygen atoms in total. The van der Waals surface area contributed by atoms with Gasteiger partial charge in [-0.05, 0) is 50.9 Å². The lowest BCUT2D eigenvalue weighted by molar-refractivity contribution is -0.161. The Kier molecular flexibility index (Phi) is 39.8. The van der Waals surface area contributed by atoms with Gasteiger partial charge in [0, 0.05) is 12.8 Å². The van der Waals surface area contributed by atoms with E-state index in [0.29, 0.717) is 19.3 Å². The summed E-state index contributed by atoms with van der Waals surface area (Å²) in [5, 5.41) is 19.3. The number of esters is 2. The van der Waals surface area contributed by atoms with Gasteiger partial charge < -0.3 is 19.7 Å². The fourth-order valence-electron chi connectivity index (χ4n) is 6.17. The van der Waals surface area contributed by atoms with Crippen molar-refractivity contribution in [3.05, 3.63) is 60.8 Å². The van der Waals surface area contributed by atoms with Gasteiger partial charge in [0.25, 0.3) is 0 Å². The zero-order valence-corrected chi connectivity index (χ0v) is 35.2. The summed E-state index contributed by atoms with van der Waals surface area (Å²) in [4.78, 5) is 24.3. The fourth-order valence-corrected chi connectivity index (χ4v) is 6.17. The minimum Gasteiger partial charge on any atom is -0.462 e. The molecule has 312 valence electrons. The maximum atomic E-state index is 12.2. The van der Waals surface area contributed by atoms with E-state index in [9.17, 15) is 19.8 Å². The van der Waals surface area contributed by atoms with Gasteiger partial charge in [0.15, 0.2) is 6.10 Å². The van der Waals surface area contributed by atoms with Gasteiger partial charge in [-0.3, -0.25) is 9.59 Å². The highest BCUT2D eigenvalue weighted by molar-refractivity contribution is 5.70. The second kappa shape index (κ2) is 41.7. The normalized spacial score (nSPS) is 13.9. The molecule has 2 unspecified atom stereocenters. The molecular formula is C48H84O6. The number of carbonyl (C=O) groups excluding carboxylic acids is 2. The monoisotopic (exact) mass is 757 g/mol. The van der Waals surface area contributed by atoms with Crippen molar-refractivity contribution in [3.8, 4) is 0 Å². The first kappa shape index (κ1) is 51.6. The summed E-state index contributed by atoms with van der Waals surface area (Å²) in [6.45, 7) is 6.26. The number of hydrogen-bond donors (Lipinski definition) is 2. The van der Waals surface area contributed by atoms with Gasteiger partial charge >= 0.3 is 11.9 Å². The molecule has 0 saturated carbocycles. The molecule has 2 N–H and O–H groups in total. The van der Waals surface area contributed by atoms with Crippen molar-refractivity contribution in [3.63, 3.8) is 0 Å². The van der Waals surface area contributed by atoms with Crippen molar-refractivity contribution in [2.24, 2.45) is 5.92 Å². The molecule has 0 aromatic heterocycles. The number of ether oxygens (including phenoxy) is 2. The molecule has 0 radical (unpaired) electrons. The minimum absolute atomic E-state index is 0.0999. The number of aliphatic hydroxyl groups excluding tert-OH is 2. The van der Waals surface area contributed by atoms with E-state index in [4.69, 9.17) is 9.47 Å². The fraction of sp³-hybridized carbons (Fsp3) is 0.750. The summed E-state index contributed by atoms with van der Waals surface area (Å²) in [5.41, 5.74) is 0. The molecular weight excluding hydrogens is 673 g/mol. The Morgan fingerprint density at radius 1 is 0.593 bits per heavy atom. The van der Waals surface area contributed by atoms with E-state index in [1.165, 1.54) is 109 Å². The van der Waals surface area contributed by atoms with E-state index >= 15 is 0 Å². The smallest absolute Gasteiger partial charge is 0.306 e. The Labute approximate surface area is 333 Å². The Bertz CT molecular complexity index is 980. The summed E-state index contributed by atoms with van der Waals surface area (Å²) >= 11 is 0. The molecule has 0 aliphatic carbocycles. The first-order valence-electron chi connectivity index (χ1n) is 22.3. The lowest BCUT2D eigenvalue weighted by Gasteiger charge is -2.15. The van der Waals surface area contributed by atoms with E-state index in [2.05, 4.69) is 44.2 Å². The molecule has 0 amide bonds. The lowest BCUT2D eigenvalue weighted by Crippen LogP contribution is -2.28. The molecule has 0 fully saturated rings. The predicted octanol–water partition coefficient (Wildman–Crippen LogP) is 13.2. The first-order chi connectivity index (χ1) is 26.4. The molecule has 0 rings (SSSR count). The van der Waals surface area contributed by atoms with Crippen LogP contribution in [-0.4, -0.2) is 47.6 Å². The van der Waals surface area contributed by atoms with Gasteiger partial charge in [-0.15, -0.1) is 0 Å². The van der Waals surface area contributed by atoms with Gasteiger partial charge in [0.2, 0.25) is 0 Å². The molecule has 0 spiro atoms. The van der Waals surface area contributed by atoms with Gasteiger partial charge in [-0.1, -0.05) is 204 Å². The van der Waals surface area contributed by atoms with Crippen molar-refractivity contribution in [2.45, 2.75) is 213 Å². The number of unbranched alkanes of at least 4 members (excludes halogenated alkanes) is 18. The van der Waals surface area contributed by atoms with Crippen LogP contribution in [-0.2, 0) is 19.1 Å². The molecule has 0 bridgehead atoms. The zero-order chi connectivity index (χ0) is 39.6. The third-order valence-electron chi connectivity index (χ3n) is 9.94. The van der Waals surface area contributed by atoms with E-state index in [1.807, 2.05) is 37.3 Å². The molecule has 3 atom stereocenters. The average Bonchev–Trinajstić information content (AvgIpc) is 3.17. The average molecular weight is 757 g/mol. The summed E-state index contributed by atoms with van der Waals surface area (Å²) < 4.78 is 10.6. The van der Waals surface area contributed by atoms with Crippen LogP contribution in [0.15, 0.2) is 60.8 Å². The van der Waals surface area contributed by atoms with E-state index in [-0.39, 0.29) is 31.6 Å². The largest absolute Gasteiger partial charge is 0.462 e. The molecule has 0 aromatic rings. The Balaban J connectivity index is 3.62. The van der Waals surface area contributed by atoms with Gasteiger partial charge in [0.05, 0.1) is 12.7 Å². The molecule has 0 aliphatic heterocycles. The van der Waals surface area contributed by atoms with E-state index < -0.39 is 12.2 Å². The van der Waals surface area contributed by atoms with Crippen molar-refractivity contribution in [2.75, 3.05) is 13.2 Å². The lowest BCUT2D eigenvalue weighted by atomic mass is 9.99. The van der Waals surface area contributed by atoms with E-state index in [0.717, 1.165) is 50.9 Å².